The van der Waals surface area contributed by atoms with E-state index in [0.717, 1.165) is 39.1 Å². The van der Waals surface area contributed by atoms with Crippen molar-refractivity contribution in [3.63, 3.8) is 0 Å². The van der Waals surface area contributed by atoms with Crippen LogP contribution in [0.3, 0.4) is 0 Å². The topological polar surface area (TPSA) is 66.5 Å². The number of rotatable bonds is 4. The second kappa shape index (κ2) is 8.52. The van der Waals surface area contributed by atoms with Crippen LogP contribution in [-0.4, -0.2) is 24.7 Å². The van der Waals surface area contributed by atoms with E-state index in [2.05, 4.69) is 5.32 Å². The van der Waals surface area contributed by atoms with Crippen molar-refractivity contribution < 1.29 is 13.2 Å². The molecule has 0 spiro atoms. The summed E-state index contributed by atoms with van der Waals surface area (Å²) in [6.07, 6.45) is 0.330. The van der Waals surface area contributed by atoms with E-state index < -0.39 is 16.1 Å². The molecule has 1 heterocycles. The second-order valence-corrected chi connectivity index (χ2v) is 10.5. The third-order valence-electron chi connectivity index (χ3n) is 6.06. The molecule has 1 aliphatic heterocycles. The average molecular weight is 449 g/mol. The molecular weight excluding hydrogens is 420 g/mol. The van der Waals surface area contributed by atoms with Gasteiger partial charge in [-0.25, -0.2) is 8.42 Å². The molecule has 1 atom stereocenters. The van der Waals surface area contributed by atoms with Gasteiger partial charge < -0.3 is 5.32 Å². The summed E-state index contributed by atoms with van der Waals surface area (Å²) in [5, 5.41) is 3.02. The van der Waals surface area contributed by atoms with Crippen LogP contribution < -0.4 is 5.32 Å². The lowest BCUT2D eigenvalue weighted by molar-refractivity contribution is -0.120. The maximum absolute atomic E-state index is 13.6. The van der Waals surface area contributed by atoms with Crippen LogP contribution in [0, 0.1) is 27.7 Å². The van der Waals surface area contributed by atoms with Gasteiger partial charge in [0.25, 0.3) is 0 Å². The first-order valence-electron chi connectivity index (χ1n) is 10.7. The highest BCUT2D eigenvalue weighted by atomic mass is 32.2. The van der Waals surface area contributed by atoms with Crippen LogP contribution in [0.2, 0.25) is 0 Å². The van der Waals surface area contributed by atoms with E-state index in [1.807, 2.05) is 64.1 Å². The van der Waals surface area contributed by atoms with E-state index in [0.29, 0.717) is 6.42 Å². The van der Waals surface area contributed by atoms with Gasteiger partial charge in [0.1, 0.15) is 6.04 Å². The van der Waals surface area contributed by atoms with Crippen molar-refractivity contribution in [3.05, 3.63) is 94.0 Å². The summed E-state index contributed by atoms with van der Waals surface area (Å²) in [5.74, 6) is -0.315. The molecule has 166 valence electrons. The minimum absolute atomic E-state index is 0.163. The number of fused-ring (bicyclic) bond motifs is 1. The van der Waals surface area contributed by atoms with E-state index in [1.165, 1.54) is 4.31 Å². The first kappa shape index (κ1) is 22.2. The molecule has 0 saturated heterocycles. The van der Waals surface area contributed by atoms with Crippen molar-refractivity contribution >= 4 is 21.6 Å². The molecule has 3 aromatic carbocycles. The Balaban J connectivity index is 1.74. The molecule has 0 fully saturated rings. The van der Waals surface area contributed by atoms with E-state index in [-0.39, 0.29) is 17.3 Å². The van der Waals surface area contributed by atoms with Crippen LogP contribution in [0.15, 0.2) is 65.6 Å². The van der Waals surface area contributed by atoms with Crippen LogP contribution >= 0.6 is 0 Å². The van der Waals surface area contributed by atoms with E-state index >= 15 is 0 Å². The molecule has 1 amide bonds. The lowest BCUT2D eigenvalue weighted by atomic mass is 9.95. The zero-order chi connectivity index (χ0) is 23.0. The summed E-state index contributed by atoms with van der Waals surface area (Å²) in [6.45, 7) is 7.99. The lowest BCUT2D eigenvalue weighted by Crippen LogP contribution is -2.50. The molecule has 1 aliphatic rings. The largest absolute Gasteiger partial charge is 0.324 e. The number of amides is 1. The Kier molecular flexibility index (Phi) is 5.93. The third kappa shape index (κ3) is 4.20. The average Bonchev–Trinajstić information content (AvgIpc) is 2.75. The van der Waals surface area contributed by atoms with Crippen molar-refractivity contribution in [2.75, 3.05) is 5.32 Å². The highest BCUT2D eigenvalue weighted by Crippen LogP contribution is 2.31. The molecule has 0 aromatic heterocycles. The van der Waals surface area contributed by atoms with Gasteiger partial charge in [-0.2, -0.15) is 4.31 Å². The molecular formula is C26H28N2O3S. The Labute approximate surface area is 190 Å². The maximum Gasteiger partial charge on any atom is 0.244 e. The highest BCUT2D eigenvalue weighted by Gasteiger charge is 2.39. The fourth-order valence-corrected chi connectivity index (χ4v) is 5.97. The van der Waals surface area contributed by atoms with Crippen molar-refractivity contribution in [1.82, 2.24) is 4.31 Å². The highest BCUT2D eigenvalue weighted by molar-refractivity contribution is 7.89. The zero-order valence-electron chi connectivity index (χ0n) is 18.8. The first-order chi connectivity index (χ1) is 15.2. The number of hydrogen-bond acceptors (Lipinski definition) is 3. The molecule has 3 aromatic rings. The number of hydrogen-bond donors (Lipinski definition) is 1. The number of nitrogens with zero attached hydrogens (tertiary/aromatic N) is 1. The maximum atomic E-state index is 13.6. The van der Waals surface area contributed by atoms with Crippen LogP contribution in [0.25, 0.3) is 0 Å². The van der Waals surface area contributed by atoms with Crippen molar-refractivity contribution in [3.8, 4) is 0 Å². The quantitative estimate of drug-likeness (QED) is 0.631. The molecule has 1 N–H and O–H groups in total. The van der Waals surface area contributed by atoms with Gasteiger partial charge in [-0.15, -0.1) is 0 Å². The molecule has 0 radical (unpaired) electrons. The molecule has 5 nitrogen and oxygen atoms in total. The van der Waals surface area contributed by atoms with Gasteiger partial charge in [0.2, 0.25) is 15.9 Å². The van der Waals surface area contributed by atoms with Crippen molar-refractivity contribution in [2.45, 2.75) is 51.6 Å². The molecule has 0 aliphatic carbocycles. The fourth-order valence-electron chi connectivity index (χ4n) is 4.40. The molecule has 6 heteroatoms. The minimum Gasteiger partial charge on any atom is -0.324 e. The van der Waals surface area contributed by atoms with Gasteiger partial charge >= 0.3 is 0 Å². The van der Waals surface area contributed by atoms with Gasteiger partial charge in [0, 0.05) is 12.2 Å². The Morgan fingerprint density at radius 1 is 0.875 bits per heavy atom. The van der Waals surface area contributed by atoms with Gasteiger partial charge in [-0.3, -0.25) is 4.79 Å². The third-order valence-corrected chi connectivity index (χ3v) is 7.93. The standard InChI is InChI=1S/C26H28N2O3S/c1-17-9-11-23(12-10-17)32(30,31)28-16-22-8-6-5-7-21(22)15-24(28)26(29)27-25-19(3)13-18(2)14-20(25)4/h5-14,24H,15-16H2,1-4H3,(H,27,29). The summed E-state index contributed by atoms with van der Waals surface area (Å²) in [4.78, 5) is 13.7. The summed E-state index contributed by atoms with van der Waals surface area (Å²) in [6, 6.07) is 17.7. The lowest BCUT2D eigenvalue weighted by Gasteiger charge is -2.35. The van der Waals surface area contributed by atoms with Crippen molar-refractivity contribution in [2.24, 2.45) is 0 Å². The number of carbonyl (C=O) groups is 1. The number of anilines is 1. The molecule has 0 bridgehead atoms. The van der Waals surface area contributed by atoms with Crippen LogP contribution in [0.5, 0.6) is 0 Å². The number of nitrogens with one attached hydrogen (secondary N) is 1. The summed E-state index contributed by atoms with van der Waals surface area (Å²) < 4.78 is 28.5. The Bertz CT molecular complexity index is 1260. The van der Waals surface area contributed by atoms with E-state index in [9.17, 15) is 13.2 Å². The predicted molar refractivity (Wildman–Crippen MR) is 127 cm³/mol. The van der Waals surface area contributed by atoms with Gasteiger partial charge in [-0.1, -0.05) is 59.7 Å². The fraction of sp³-hybridized carbons (Fsp3) is 0.269. The van der Waals surface area contributed by atoms with Crippen LogP contribution in [-0.2, 0) is 27.8 Å². The van der Waals surface area contributed by atoms with Gasteiger partial charge in [-0.05, 0) is 68.5 Å². The number of benzene rings is 3. The first-order valence-corrected chi connectivity index (χ1v) is 12.1. The van der Waals surface area contributed by atoms with Crippen LogP contribution in [0.1, 0.15) is 33.4 Å². The monoisotopic (exact) mass is 448 g/mol. The Morgan fingerprint density at radius 3 is 2.09 bits per heavy atom. The SMILES string of the molecule is Cc1ccc(S(=O)(=O)N2Cc3ccccc3CC2C(=O)Nc2c(C)cc(C)cc2C)cc1. The van der Waals surface area contributed by atoms with Gasteiger partial charge in [0.05, 0.1) is 4.90 Å². The van der Waals surface area contributed by atoms with E-state index in [1.54, 1.807) is 24.3 Å². The molecule has 1 unspecified atom stereocenters. The number of sulfonamides is 1. The normalized spacial score (nSPS) is 16.4. The second-order valence-electron chi connectivity index (χ2n) is 8.61. The summed E-state index contributed by atoms with van der Waals surface area (Å²) in [7, 11) is -3.86. The molecule has 32 heavy (non-hydrogen) atoms. The zero-order valence-corrected chi connectivity index (χ0v) is 19.7. The molecule has 0 saturated carbocycles. The number of aryl methyl sites for hydroxylation is 4. The summed E-state index contributed by atoms with van der Waals surface area (Å²) >= 11 is 0. The number of carbonyl (C=O) groups excluding carboxylic acids is 1. The Hall–Kier alpha value is -2.96. The minimum atomic E-state index is -3.86. The van der Waals surface area contributed by atoms with Gasteiger partial charge in [0.15, 0.2) is 0 Å². The van der Waals surface area contributed by atoms with Crippen LogP contribution in [0.4, 0.5) is 5.69 Å². The van der Waals surface area contributed by atoms with E-state index in [4.69, 9.17) is 0 Å². The smallest absolute Gasteiger partial charge is 0.244 e. The van der Waals surface area contributed by atoms with Crippen molar-refractivity contribution in [1.29, 1.82) is 0 Å². The predicted octanol–water partition coefficient (Wildman–Crippen LogP) is 4.67. The Morgan fingerprint density at radius 2 is 1.47 bits per heavy atom. The molecule has 4 rings (SSSR count). The summed E-state index contributed by atoms with van der Waals surface area (Å²) in [5.41, 5.74) is 6.68.